The fraction of sp³-hybridized carbons (Fsp3) is 1.00. The first kappa shape index (κ1) is 8.97. The fourth-order valence-corrected chi connectivity index (χ4v) is 1.41. The van der Waals surface area contributed by atoms with Gasteiger partial charge in [0.2, 0.25) is 0 Å². The van der Waals surface area contributed by atoms with Gasteiger partial charge in [0.15, 0.2) is 0 Å². The Balaban J connectivity index is 2.16. The third-order valence-electron chi connectivity index (χ3n) is 2.14. The van der Waals surface area contributed by atoms with Gasteiger partial charge < -0.3 is 14.9 Å². The highest BCUT2D eigenvalue weighted by Gasteiger charge is 2.19. The predicted molar refractivity (Wildman–Crippen MR) is 41.3 cm³/mol. The van der Waals surface area contributed by atoms with Crippen LogP contribution in [-0.4, -0.2) is 36.1 Å². The fourth-order valence-electron chi connectivity index (χ4n) is 1.41. The molecule has 1 aliphatic heterocycles. The minimum Gasteiger partial charge on any atom is -0.396 e. The Labute approximate surface area is 67.0 Å². The molecule has 0 amide bonds. The quantitative estimate of drug-likeness (QED) is 0.615. The summed E-state index contributed by atoms with van der Waals surface area (Å²) in [6, 6.07) is 0. The Morgan fingerprint density at radius 3 is 2.55 bits per heavy atom. The van der Waals surface area contributed by atoms with Crippen molar-refractivity contribution in [3.05, 3.63) is 0 Å². The molecule has 0 saturated carbocycles. The summed E-state index contributed by atoms with van der Waals surface area (Å²) in [5.74, 6) is 0.0121. The third-order valence-corrected chi connectivity index (χ3v) is 2.14. The van der Waals surface area contributed by atoms with E-state index in [0.717, 1.165) is 25.9 Å². The second-order valence-corrected chi connectivity index (χ2v) is 3.10. The number of rotatable bonds is 4. The van der Waals surface area contributed by atoms with Crippen LogP contribution >= 0.6 is 0 Å². The number of hydrogen-bond donors (Lipinski definition) is 2. The number of aliphatic hydroxyl groups excluding tert-OH is 2. The van der Waals surface area contributed by atoms with Gasteiger partial charge >= 0.3 is 0 Å². The molecule has 1 unspecified atom stereocenters. The predicted octanol–water partition coefficient (Wildman–Crippen LogP) is 0.156. The minimum atomic E-state index is 0.0121. The minimum absolute atomic E-state index is 0.0121. The normalized spacial score (nSPS) is 24.8. The van der Waals surface area contributed by atoms with Crippen LogP contribution in [0, 0.1) is 5.92 Å². The Morgan fingerprint density at radius 2 is 2.09 bits per heavy atom. The van der Waals surface area contributed by atoms with E-state index in [2.05, 4.69) is 0 Å². The van der Waals surface area contributed by atoms with Gasteiger partial charge in [-0.2, -0.15) is 0 Å². The summed E-state index contributed by atoms with van der Waals surface area (Å²) in [5, 5.41) is 17.5. The number of aliphatic hydroxyl groups is 2. The van der Waals surface area contributed by atoms with E-state index in [0.29, 0.717) is 0 Å². The molecule has 0 aliphatic carbocycles. The van der Waals surface area contributed by atoms with Gasteiger partial charge in [-0.15, -0.1) is 0 Å². The zero-order valence-electron chi connectivity index (χ0n) is 6.70. The van der Waals surface area contributed by atoms with E-state index in [1.807, 2.05) is 0 Å². The van der Waals surface area contributed by atoms with Crippen molar-refractivity contribution in [1.29, 1.82) is 0 Å². The lowest BCUT2D eigenvalue weighted by Crippen LogP contribution is -2.18. The Kier molecular flexibility index (Phi) is 3.83. The van der Waals surface area contributed by atoms with Gasteiger partial charge in [0.05, 0.1) is 6.10 Å². The van der Waals surface area contributed by atoms with Gasteiger partial charge in [0.25, 0.3) is 0 Å². The molecule has 3 heteroatoms. The van der Waals surface area contributed by atoms with Gasteiger partial charge in [-0.05, 0) is 19.3 Å². The Morgan fingerprint density at radius 1 is 1.36 bits per heavy atom. The second kappa shape index (κ2) is 4.70. The van der Waals surface area contributed by atoms with Crippen LogP contribution in [0.2, 0.25) is 0 Å². The van der Waals surface area contributed by atoms with Gasteiger partial charge in [-0.25, -0.2) is 0 Å². The molecule has 0 aromatic carbocycles. The molecule has 2 N–H and O–H groups in total. The molecule has 1 rings (SSSR count). The number of ether oxygens (including phenoxy) is 1. The van der Waals surface area contributed by atoms with E-state index in [1.165, 1.54) is 0 Å². The summed E-state index contributed by atoms with van der Waals surface area (Å²) in [6.07, 6.45) is 3.27. The summed E-state index contributed by atoms with van der Waals surface area (Å²) in [7, 11) is 0. The van der Waals surface area contributed by atoms with Crippen molar-refractivity contribution in [3.63, 3.8) is 0 Å². The van der Waals surface area contributed by atoms with Crippen molar-refractivity contribution in [2.75, 3.05) is 19.8 Å². The molecule has 0 bridgehead atoms. The lowest BCUT2D eigenvalue weighted by atomic mass is 10.0. The highest BCUT2D eigenvalue weighted by atomic mass is 16.5. The highest BCUT2D eigenvalue weighted by molar-refractivity contribution is 4.69. The largest absolute Gasteiger partial charge is 0.396 e. The van der Waals surface area contributed by atoms with Crippen LogP contribution in [0.15, 0.2) is 0 Å². The highest BCUT2D eigenvalue weighted by Crippen LogP contribution is 2.19. The molecule has 1 atom stereocenters. The molecule has 0 spiro atoms. The van der Waals surface area contributed by atoms with E-state index in [4.69, 9.17) is 14.9 Å². The maximum atomic E-state index is 8.77. The van der Waals surface area contributed by atoms with Crippen LogP contribution in [0.1, 0.15) is 19.3 Å². The Hall–Kier alpha value is -0.120. The van der Waals surface area contributed by atoms with Crippen molar-refractivity contribution in [2.45, 2.75) is 25.4 Å². The summed E-state index contributed by atoms with van der Waals surface area (Å²) in [4.78, 5) is 0. The molecule has 0 aromatic heterocycles. The molecular weight excluding hydrogens is 144 g/mol. The molecule has 1 fully saturated rings. The van der Waals surface area contributed by atoms with E-state index in [-0.39, 0.29) is 25.2 Å². The van der Waals surface area contributed by atoms with Crippen LogP contribution < -0.4 is 0 Å². The van der Waals surface area contributed by atoms with Crippen molar-refractivity contribution in [2.24, 2.45) is 5.92 Å². The first-order valence-electron chi connectivity index (χ1n) is 4.20. The summed E-state index contributed by atoms with van der Waals surface area (Å²) in [6.45, 7) is 0.973. The monoisotopic (exact) mass is 160 g/mol. The maximum Gasteiger partial charge on any atom is 0.0580 e. The lowest BCUT2D eigenvalue weighted by molar-refractivity contribution is 0.0581. The maximum absolute atomic E-state index is 8.77. The van der Waals surface area contributed by atoms with E-state index in [1.54, 1.807) is 0 Å². The zero-order valence-corrected chi connectivity index (χ0v) is 6.70. The summed E-state index contributed by atoms with van der Waals surface area (Å²) >= 11 is 0. The molecule has 66 valence electrons. The van der Waals surface area contributed by atoms with Crippen molar-refractivity contribution in [1.82, 2.24) is 0 Å². The molecule has 1 heterocycles. The van der Waals surface area contributed by atoms with E-state index < -0.39 is 0 Å². The van der Waals surface area contributed by atoms with Gasteiger partial charge in [0.1, 0.15) is 0 Å². The van der Waals surface area contributed by atoms with Crippen LogP contribution in [0.25, 0.3) is 0 Å². The lowest BCUT2D eigenvalue weighted by Gasteiger charge is -2.15. The van der Waals surface area contributed by atoms with Crippen molar-refractivity contribution < 1.29 is 14.9 Å². The smallest absolute Gasteiger partial charge is 0.0580 e. The van der Waals surface area contributed by atoms with Crippen LogP contribution in [-0.2, 0) is 4.74 Å². The van der Waals surface area contributed by atoms with E-state index >= 15 is 0 Å². The van der Waals surface area contributed by atoms with Crippen LogP contribution in [0.4, 0.5) is 0 Å². The first-order chi connectivity index (χ1) is 5.36. The summed E-state index contributed by atoms with van der Waals surface area (Å²) in [5.41, 5.74) is 0. The van der Waals surface area contributed by atoms with Crippen molar-refractivity contribution in [3.8, 4) is 0 Å². The topological polar surface area (TPSA) is 49.7 Å². The SMILES string of the molecule is OCC(CO)CC1CCCO1. The molecule has 1 aliphatic rings. The van der Waals surface area contributed by atoms with E-state index in [9.17, 15) is 0 Å². The van der Waals surface area contributed by atoms with Gasteiger partial charge in [0, 0.05) is 25.7 Å². The second-order valence-electron chi connectivity index (χ2n) is 3.10. The van der Waals surface area contributed by atoms with Gasteiger partial charge in [-0.1, -0.05) is 0 Å². The average molecular weight is 160 g/mol. The molecule has 11 heavy (non-hydrogen) atoms. The third kappa shape index (κ3) is 2.77. The van der Waals surface area contributed by atoms with Crippen molar-refractivity contribution >= 4 is 0 Å². The van der Waals surface area contributed by atoms with Gasteiger partial charge in [-0.3, -0.25) is 0 Å². The standard InChI is InChI=1S/C8H16O3/c9-5-7(6-10)4-8-2-1-3-11-8/h7-10H,1-6H2. The molecular formula is C8H16O3. The zero-order chi connectivity index (χ0) is 8.10. The average Bonchev–Trinajstić information content (AvgIpc) is 2.52. The summed E-state index contributed by atoms with van der Waals surface area (Å²) < 4.78 is 5.36. The number of hydrogen-bond acceptors (Lipinski definition) is 3. The Bertz CT molecular complexity index is 95.5. The molecule has 1 saturated heterocycles. The molecule has 3 nitrogen and oxygen atoms in total. The van der Waals surface area contributed by atoms with Crippen LogP contribution in [0.5, 0.6) is 0 Å². The first-order valence-corrected chi connectivity index (χ1v) is 4.20. The molecule has 0 radical (unpaired) electrons. The van der Waals surface area contributed by atoms with Crippen LogP contribution in [0.3, 0.4) is 0 Å². The molecule has 0 aromatic rings.